The molecule has 2 aromatic heterocycles. The topological polar surface area (TPSA) is 88.2 Å². The number of carboxylic acid groups (broad SMARTS) is 1. The van der Waals surface area contributed by atoms with Gasteiger partial charge in [-0.05, 0) is 13.8 Å². The molecule has 0 aliphatic carbocycles. The Labute approximate surface area is 101 Å². The van der Waals surface area contributed by atoms with Crippen LogP contribution in [0.3, 0.4) is 0 Å². The number of rotatable bonds is 4. The van der Waals surface area contributed by atoms with E-state index in [1.807, 2.05) is 13.0 Å². The molecular formula is C10H11N3O3S. The van der Waals surface area contributed by atoms with E-state index in [1.54, 1.807) is 6.92 Å². The molecule has 2 aromatic rings. The van der Waals surface area contributed by atoms with Crippen molar-refractivity contribution < 1.29 is 14.4 Å². The van der Waals surface area contributed by atoms with Gasteiger partial charge in [-0.1, -0.05) is 16.5 Å². The summed E-state index contributed by atoms with van der Waals surface area (Å²) >= 11 is 1.11. The second kappa shape index (κ2) is 4.54. The highest BCUT2D eigenvalue weighted by atomic mass is 32.1. The van der Waals surface area contributed by atoms with E-state index >= 15 is 0 Å². The van der Waals surface area contributed by atoms with Gasteiger partial charge in [0, 0.05) is 6.07 Å². The van der Waals surface area contributed by atoms with Crippen LogP contribution in [0, 0.1) is 13.8 Å². The number of carboxylic acids is 1. The highest BCUT2D eigenvalue weighted by Gasteiger charge is 2.13. The zero-order valence-electron chi connectivity index (χ0n) is 9.35. The Bertz CT molecular complexity index is 547. The first kappa shape index (κ1) is 11.6. The van der Waals surface area contributed by atoms with Gasteiger partial charge < -0.3 is 14.9 Å². The standard InChI is InChI=1S/C10H11N3O3S/c1-5-3-7(13-16-5)4-11-10-12-6(2)8(17-10)9(14)15/h3H,4H2,1-2H3,(H,11,12)(H,14,15). The third-order valence-electron chi connectivity index (χ3n) is 2.09. The molecule has 0 amide bonds. The molecule has 17 heavy (non-hydrogen) atoms. The minimum absolute atomic E-state index is 0.254. The van der Waals surface area contributed by atoms with Crippen LogP contribution in [0.4, 0.5) is 5.13 Å². The van der Waals surface area contributed by atoms with E-state index in [2.05, 4.69) is 15.5 Å². The highest BCUT2D eigenvalue weighted by molar-refractivity contribution is 7.17. The number of thiazole rings is 1. The molecular weight excluding hydrogens is 242 g/mol. The van der Waals surface area contributed by atoms with Gasteiger partial charge in [0.25, 0.3) is 0 Å². The van der Waals surface area contributed by atoms with Crippen LogP contribution in [0.25, 0.3) is 0 Å². The first-order chi connectivity index (χ1) is 8.06. The zero-order chi connectivity index (χ0) is 12.4. The van der Waals surface area contributed by atoms with Gasteiger partial charge in [0.15, 0.2) is 5.13 Å². The molecule has 0 bridgehead atoms. The van der Waals surface area contributed by atoms with Gasteiger partial charge in [-0.3, -0.25) is 0 Å². The van der Waals surface area contributed by atoms with Crippen molar-refractivity contribution >= 4 is 22.4 Å². The van der Waals surface area contributed by atoms with E-state index in [0.29, 0.717) is 17.4 Å². The summed E-state index contributed by atoms with van der Waals surface area (Å²) in [4.78, 5) is 15.2. The lowest BCUT2D eigenvalue weighted by Gasteiger charge is -1.96. The summed E-state index contributed by atoms with van der Waals surface area (Å²) in [6.45, 7) is 3.95. The third-order valence-corrected chi connectivity index (χ3v) is 3.19. The highest BCUT2D eigenvalue weighted by Crippen LogP contribution is 2.22. The minimum Gasteiger partial charge on any atom is -0.477 e. The number of hydrogen-bond donors (Lipinski definition) is 2. The quantitative estimate of drug-likeness (QED) is 0.867. The first-order valence-corrected chi connectivity index (χ1v) is 5.74. The summed E-state index contributed by atoms with van der Waals surface area (Å²) in [5.41, 5.74) is 1.27. The van der Waals surface area contributed by atoms with Gasteiger partial charge in [-0.15, -0.1) is 0 Å². The fraction of sp³-hybridized carbons (Fsp3) is 0.300. The van der Waals surface area contributed by atoms with E-state index in [-0.39, 0.29) is 4.88 Å². The molecule has 0 spiro atoms. The molecule has 7 heteroatoms. The van der Waals surface area contributed by atoms with Crippen molar-refractivity contribution in [2.45, 2.75) is 20.4 Å². The van der Waals surface area contributed by atoms with Crippen LogP contribution in [0.1, 0.15) is 26.8 Å². The van der Waals surface area contributed by atoms with Crippen LogP contribution in [0.15, 0.2) is 10.6 Å². The molecule has 2 rings (SSSR count). The maximum atomic E-state index is 10.8. The van der Waals surface area contributed by atoms with E-state index in [4.69, 9.17) is 9.63 Å². The first-order valence-electron chi connectivity index (χ1n) is 4.93. The van der Waals surface area contributed by atoms with E-state index in [9.17, 15) is 4.79 Å². The summed E-state index contributed by atoms with van der Waals surface area (Å²) in [5.74, 6) is -0.214. The smallest absolute Gasteiger partial charge is 0.347 e. The van der Waals surface area contributed by atoms with Crippen LogP contribution < -0.4 is 5.32 Å². The fourth-order valence-electron chi connectivity index (χ4n) is 1.34. The average Bonchev–Trinajstić information content (AvgIpc) is 2.82. The Morgan fingerprint density at radius 2 is 2.35 bits per heavy atom. The fourth-order valence-corrected chi connectivity index (χ4v) is 2.14. The number of aryl methyl sites for hydroxylation is 2. The zero-order valence-corrected chi connectivity index (χ0v) is 10.2. The van der Waals surface area contributed by atoms with Crippen LogP contribution in [0.2, 0.25) is 0 Å². The maximum absolute atomic E-state index is 10.8. The maximum Gasteiger partial charge on any atom is 0.347 e. The molecule has 6 nitrogen and oxygen atoms in total. The van der Waals surface area contributed by atoms with Crippen molar-refractivity contribution in [3.05, 3.63) is 28.1 Å². The number of carbonyl (C=O) groups is 1. The molecule has 2 N–H and O–H groups in total. The summed E-state index contributed by atoms with van der Waals surface area (Å²) in [7, 11) is 0. The van der Waals surface area contributed by atoms with Gasteiger partial charge in [0.1, 0.15) is 16.3 Å². The monoisotopic (exact) mass is 253 g/mol. The van der Waals surface area contributed by atoms with Crippen molar-refractivity contribution in [1.29, 1.82) is 0 Å². The Morgan fingerprint density at radius 1 is 1.59 bits per heavy atom. The number of nitrogens with zero attached hydrogens (tertiary/aromatic N) is 2. The Balaban J connectivity index is 2.04. The van der Waals surface area contributed by atoms with E-state index in [0.717, 1.165) is 22.8 Å². The predicted octanol–water partition coefficient (Wildman–Crippen LogP) is 2.06. The number of anilines is 1. The SMILES string of the molecule is Cc1cc(CNc2nc(C)c(C(=O)O)s2)no1. The number of aromatic nitrogens is 2. The van der Waals surface area contributed by atoms with Gasteiger partial charge in [-0.2, -0.15) is 0 Å². The van der Waals surface area contributed by atoms with Crippen molar-refractivity contribution in [2.24, 2.45) is 0 Å². The van der Waals surface area contributed by atoms with Crippen molar-refractivity contribution in [3.8, 4) is 0 Å². The number of hydrogen-bond acceptors (Lipinski definition) is 6. The van der Waals surface area contributed by atoms with Gasteiger partial charge in [0.05, 0.1) is 12.2 Å². The summed E-state index contributed by atoms with van der Waals surface area (Å²) in [6, 6.07) is 1.81. The van der Waals surface area contributed by atoms with Crippen LogP contribution >= 0.6 is 11.3 Å². The third kappa shape index (κ3) is 2.62. The second-order valence-corrected chi connectivity index (χ2v) is 4.52. The van der Waals surface area contributed by atoms with Gasteiger partial charge >= 0.3 is 5.97 Å². The van der Waals surface area contributed by atoms with Gasteiger partial charge in [0.2, 0.25) is 0 Å². The average molecular weight is 253 g/mol. The number of aromatic carboxylic acids is 1. The normalized spacial score (nSPS) is 10.5. The molecule has 0 radical (unpaired) electrons. The van der Waals surface area contributed by atoms with E-state index < -0.39 is 5.97 Å². The summed E-state index contributed by atoms with van der Waals surface area (Å²) < 4.78 is 4.92. The molecule has 0 saturated carbocycles. The van der Waals surface area contributed by atoms with Crippen molar-refractivity contribution in [3.63, 3.8) is 0 Å². The molecule has 0 saturated heterocycles. The molecule has 0 fully saturated rings. The lowest BCUT2D eigenvalue weighted by molar-refractivity contribution is 0.0701. The largest absolute Gasteiger partial charge is 0.477 e. The molecule has 0 aromatic carbocycles. The summed E-state index contributed by atoms with van der Waals surface area (Å²) in [5, 5.41) is 16.3. The molecule has 0 aliphatic heterocycles. The Kier molecular flexibility index (Phi) is 3.10. The molecule has 0 aliphatic rings. The van der Waals surface area contributed by atoms with Crippen molar-refractivity contribution in [1.82, 2.24) is 10.1 Å². The lowest BCUT2D eigenvalue weighted by Crippen LogP contribution is -1.98. The molecule has 0 unspecified atom stereocenters. The van der Waals surface area contributed by atoms with Crippen LogP contribution in [-0.2, 0) is 6.54 Å². The van der Waals surface area contributed by atoms with Crippen LogP contribution in [-0.4, -0.2) is 21.2 Å². The Morgan fingerprint density at radius 3 is 2.88 bits per heavy atom. The molecule has 90 valence electrons. The second-order valence-electron chi connectivity index (χ2n) is 3.52. The Hall–Kier alpha value is -1.89. The summed E-state index contributed by atoms with van der Waals surface area (Å²) in [6.07, 6.45) is 0. The number of nitrogens with one attached hydrogen (secondary N) is 1. The lowest BCUT2D eigenvalue weighted by atomic mass is 10.4. The van der Waals surface area contributed by atoms with Crippen LogP contribution in [0.5, 0.6) is 0 Å². The molecule has 0 atom stereocenters. The van der Waals surface area contributed by atoms with Crippen molar-refractivity contribution in [2.75, 3.05) is 5.32 Å². The molecule has 2 heterocycles. The van der Waals surface area contributed by atoms with Gasteiger partial charge in [-0.25, -0.2) is 9.78 Å². The van der Waals surface area contributed by atoms with E-state index in [1.165, 1.54) is 0 Å². The minimum atomic E-state index is -0.953. The predicted molar refractivity (Wildman–Crippen MR) is 62.4 cm³/mol.